The maximum atomic E-state index is 11.7. The lowest BCUT2D eigenvalue weighted by Crippen LogP contribution is -2.27. The molecular weight excluding hydrogens is 312 g/mol. The largest absolute Gasteiger partial charge is 0.380 e. The maximum Gasteiger partial charge on any atom is 0.152 e. The molecule has 1 unspecified atom stereocenters. The molecule has 1 aromatic carbocycles. The third kappa shape index (κ3) is 4.18. The smallest absolute Gasteiger partial charge is 0.152 e. The molecule has 0 aliphatic heterocycles. The predicted octanol–water partition coefficient (Wildman–Crippen LogP) is 2.16. The van der Waals surface area contributed by atoms with E-state index in [9.17, 15) is 8.42 Å². The number of aromatic nitrogens is 3. The zero-order valence-electron chi connectivity index (χ0n) is 11.8. The molecule has 0 spiro atoms. The molecule has 2 aromatic rings. The van der Waals surface area contributed by atoms with E-state index in [1.807, 2.05) is 6.92 Å². The number of anilines is 1. The van der Waals surface area contributed by atoms with Crippen LogP contribution in [0.25, 0.3) is 5.69 Å². The minimum Gasteiger partial charge on any atom is -0.380 e. The molecule has 0 amide bonds. The number of halogens is 1. The van der Waals surface area contributed by atoms with Crippen molar-refractivity contribution in [3.63, 3.8) is 0 Å². The van der Waals surface area contributed by atoms with Crippen molar-refractivity contribution in [2.75, 3.05) is 16.8 Å². The van der Waals surface area contributed by atoms with Crippen LogP contribution in [0, 0.1) is 0 Å². The van der Waals surface area contributed by atoms with Gasteiger partial charge in [0.25, 0.3) is 0 Å². The molecule has 0 bridgehead atoms. The summed E-state index contributed by atoms with van der Waals surface area (Å²) < 4.78 is 25.0. The Morgan fingerprint density at radius 1 is 1.43 bits per heavy atom. The Kier molecular flexibility index (Phi) is 4.84. The Bertz CT molecular complexity index is 701. The molecule has 0 fully saturated rings. The molecule has 1 aromatic heterocycles. The summed E-state index contributed by atoms with van der Waals surface area (Å²) in [5, 5.41) is 7.82. The van der Waals surface area contributed by atoms with E-state index in [4.69, 9.17) is 11.6 Å². The van der Waals surface area contributed by atoms with Crippen LogP contribution in [0.5, 0.6) is 0 Å². The Hall–Kier alpha value is -1.60. The fourth-order valence-electron chi connectivity index (χ4n) is 1.96. The van der Waals surface area contributed by atoms with Gasteiger partial charge in [0.05, 0.1) is 17.1 Å². The zero-order chi connectivity index (χ0) is 15.5. The van der Waals surface area contributed by atoms with E-state index in [1.54, 1.807) is 36.1 Å². The van der Waals surface area contributed by atoms with Crippen LogP contribution in [0.15, 0.2) is 30.9 Å². The summed E-state index contributed by atoms with van der Waals surface area (Å²) in [7, 11) is -3.05. The first kappa shape index (κ1) is 15.8. The van der Waals surface area contributed by atoms with E-state index in [0.717, 1.165) is 5.69 Å². The Labute approximate surface area is 129 Å². The topological polar surface area (TPSA) is 76.9 Å². The third-order valence-electron chi connectivity index (χ3n) is 2.97. The molecule has 6 nitrogen and oxygen atoms in total. The lowest BCUT2D eigenvalue weighted by atomic mass is 10.2. The highest BCUT2D eigenvalue weighted by molar-refractivity contribution is 7.91. The van der Waals surface area contributed by atoms with Crippen LogP contribution in [0.2, 0.25) is 5.02 Å². The van der Waals surface area contributed by atoms with Gasteiger partial charge in [-0.2, -0.15) is 5.10 Å². The van der Waals surface area contributed by atoms with Crippen molar-refractivity contribution in [2.24, 2.45) is 0 Å². The molecule has 21 heavy (non-hydrogen) atoms. The van der Waals surface area contributed by atoms with Gasteiger partial charge in [-0.1, -0.05) is 18.5 Å². The van der Waals surface area contributed by atoms with E-state index in [2.05, 4.69) is 15.4 Å². The Morgan fingerprint density at radius 3 is 2.81 bits per heavy atom. The molecule has 0 aliphatic rings. The van der Waals surface area contributed by atoms with Crippen LogP contribution in [0.1, 0.15) is 13.8 Å². The van der Waals surface area contributed by atoms with Gasteiger partial charge in [-0.05, 0) is 25.1 Å². The second kappa shape index (κ2) is 6.44. The SMILES string of the molecule is CCS(=O)(=O)CC(C)Nc1cc(Cl)ccc1-n1cncn1. The minimum absolute atomic E-state index is 0.0623. The fourth-order valence-corrected chi connectivity index (χ4v) is 3.22. The minimum atomic E-state index is -3.05. The summed E-state index contributed by atoms with van der Waals surface area (Å²) in [6.45, 7) is 3.46. The normalized spacial score (nSPS) is 13.1. The quantitative estimate of drug-likeness (QED) is 0.879. The van der Waals surface area contributed by atoms with Gasteiger partial charge in [-0.15, -0.1) is 0 Å². The van der Waals surface area contributed by atoms with Crippen LogP contribution in [0.4, 0.5) is 5.69 Å². The molecule has 0 aliphatic carbocycles. The van der Waals surface area contributed by atoms with Gasteiger partial charge in [0.1, 0.15) is 12.7 Å². The summed E-state index contributed by atoms with van der Waals surface area (Å²) >= 11 is 6.02. The molecule has 1 N–H and O–H groups in total. The number of rotatable bonds is 6. The molecule has 8 heteroatoms. The van der Waals surface area contributed by atoms with Crippen LogP contribution in [-0.4, -0.2) is 40.7 Å². The van der Waals surface area contributed by atoms with Crippen LogP contribution in [-0.2, 0) is 9.84 Å². The zero-order valence-corrected chi connectivity index (χ0v) is 13.4. The predicted molar refractivity (Wildman–Crippen MR) is 83.8 cm³/mol. The average Bonchev–Trinajstić information content (AvgIpc) is 2.92. The molecule has 1 heterocycles. The van der Waals surface area contributed by atoms with Crippen LogP contribution in [0.3, 0.4) is 0 Å². The molecule has 0 saturated carbocycles. The highest BCUT2D eigenvalue weighted by atomic mass is 35.5. The van der Waals surface area contributed by atoms with Crippen molar-refractivity contribution in [1.82, 2.24) is 14.8 Å². The molecule has 114 valence electrons. The van der Waals surface area contributed by atoms with Gasteiger partial charge in [-0.25, -0.2) is 18.1 Å². The number of sulfone groups is 1. The van der Waals surface area contributed by atoms with Crippen molar-refractivity contribution in [2.45, 2.75) is 19.9 Å². The number of hydrogen-bond donors (Lipinski definition) is 1. The summed E-state index contributed by atoms with van der Waals surface area (Å²) in [6.07, 6.45) is 3.01. The van der Waals surface area contributed by atoms with E-state index < -0.39 is 9.84 Å². The number of nitrogens with one attached hydrogen (secondary N) is 1. The fraction of sp³-hybridized carbons (Fsp3) is 0.385. The van der Waals surface area contributed by atoms with E-state index in [-0.39, 0.29) is 17.5 Å². The van der Waals surface area contributed by atoms with Crippen molar-refractivity contribution < 1.29 is 8.42 Å². The third-order valence-corrected chi connectivity index (χ3v) is 5.09. The highest BCUT2D eigenvalue weighted by Crippen LogP contribution is 2.24. The maximum absolute atomic E-state index is 11.7. The lowest BCUT2D eigenvalue weighted by molar-refractivity contribution is 0.593. The Morgan fingerprint density at radius 2 is 2.19 bits per heavy atom. The van der Waals surface area contributed by atoms with Gasteiger partial charge < -0.3 is 5.32 Å². The van der Waals surface area contributed by atoms with Gasteiger partial charge in [-0.3, -0.25) is 0 Å². The second-order valence-corrected chi connectivity index (χ2v) is 7.58. The van der Waals surface area contributed by atoms with E-state index in [1.165, 1.54) is 6.33 Å². The van der Waals surface area contributed by atoms with Gasteiger partial charge in [0.15, 0.2) is 9.84 Å². The molecular formula is C13H17ClN4O2S. The highest BCUT2D eigenvalue weighted by Gasteiger charge is 2.15. The molecule has 1 atom stereocenters. The van der Waals surface area contributed by atoms with E-state index >= 15 is 0 Å². The van der Waals surface area contributed by atoms with Crippen molar-refractivity contribution in [3.8, 4) is 5.69 Å². The van der Waals surface area contributed by atoms with Gasteiger partial charge in [0.2, 0.25) is 0 Å². The number of nitrogens with zero attached hydrogens (tertiary/aromatic N) is 3. The van der Waals surface area contributed by atoms with Gasteiger partial charge in [0, 0.05) is 16.8 Å². The Balaban J connectivity index is 2.25. The van der Waals surface area contributed by atoms with Crippen molar-refractivity contribution in [1.29, 1.82) is 0 Å². The average molecular weight is 329 g/mol. The van der Waals surface area contributed by atoms with Crippen molar-refractivity contribution >= 4 is 27.1 Å². The molecule has 0 saturated heterocycles. The number of hydrogen-bond acceptors (Lipinski definition) is 5. The summed E-state index contributed by atoms with van der Waals surface area (Å²) in [5.74, 6) is 0.192. The van der Waals surface area contributed by atoms with Crippen molar-refractivity contribution in [3.05, 3.63) is 35.9 Å². The molecule has 0 radical (unpaired) electrons. The monoisotopic (exact) mass is 328 g/mol. The van der Waals surface area contributed by atoms with Crippen LogP contribution < -0.4 is 5.32 Å². The number of benzene rings is 1. The first-order valence-corrected chi connectivity index (χ1v) is 8.72. The summed E-state index contributed by atoms with van der Waals surface area (Å²) in [4.78, 5) is 3.91. The molecule has 2 rings (SSSR count). The first-order chi connectivity index (χ1) is 9.91. The van der Waals surface area contributed by atoms with E-state index in [0.29, 0.717) is 10.7 Å². The standard InChI is InChI=1S/C13H17ClN4O2S/c1-3-21(19,20)7-10(2)17-12-6-11(14)4-5-13(12)18-9-15-8-16-18/h4-6,8-10,17H,3,7H2,1-2H3. The first-order valence-electron chi connectivity index (χ1n) is 6.53. The second-order valence-electron chi connectivity index (χ2n) is 4.75. The van der Waals surface area contributed by atoms with Crippen LogP contribution >= 0.6 is 11.6 Å². The van der Waals surface area contributed by atoms with Gasteiger partial charge >= 0.3 is 0 Å². The lowest BCUT2D eigenvalue weighted by Gasteiger charge is -2.18. The summed E-state index contributed by atoms with van der Waals surface area (Å²) in [6, 6.07) is 5.06. The summed E-state index contributed by atoms with van der Waals surface area (Å²) in [5.41, 5.74) is 1.48.